The minimum absolute atomic E-state index is 0.00746. The van der Waals surface area contributed by atoms with Crippen molar-refractivity contribution in [3.8, 4) is 0 Å². The van der Waals surface area contributed by atoms with Gasteiger partial charge in [-0.25, -0.2) is 4.79 Å². The molecule has 0 aliphatic heterocycles. The number of aliphatic hydroxyl groups is 1. The SMILES string of the molecule is O=C(O)c1ccc(C(O)=P)cc1. The zero-order chi connectivity index (χ0) is 9.14. The Morgan fingerprint density at radius 3 is 1.83 bits per heavy atom. The van der Waals surface area contributed by atoms with E-state index in [1.165, 1.54) is 24.3 Å². The van der Waals surface area contributed by atoms with Crippen molar-refractivity contribution in [1.29, 1.82) is 0 Å². The predicted molar refractivity (Wildman–Crippen MR) is 47.8 cm³/mol. The van der Waals surface area contributed by atoms with E-state index in [-0.39, 0.29) is 11.0 Å². The van der Waals surface area contributed by atoms with Gasteiger partial charge in [0.25, 0.3) is 0 Å². The first-order chi connectivity index (χ1) is 5.61. The van der Waals surface area contributed by atoms with E-state index in [9.17, 15) is 4.79 Å². The molecule has 1 rings (SSSR count). The number of carboxylic acid groups (broad SMARTS) is 1. The summed E-state index contributed by atoms with van der Waals surface area (Å²) >= 11 is 0. The summed E-state index contributed by atoms with van der Waals surface area (Å²) in [6.45, 7) is 0. The molecule has 0 fully saturated rings. The van der Waals surface area contributed by atoms with Crippen LogP contribution < -0.4 is 0 Å². The average Bonchev–Trinajstić information content (AvgIpc) is 2.04. The van der Waals surface area contributed by atoms with Crippen LogP contribution in [0.2, 0.25) is 0 Å². The molecule has 4 heteroatoms. The summed E-state index contributed by atoms with van der Waals surface area (Å²) in [7, 11) is 2.92. The maximum absolute atomic E-state index is 10.4. The van der Waals surface area contributed by atoms with Crippen LogP contribution in [0, 0.1) is 0 Å². The third kappa shape index (κ3) is 1.91. The van der Waals surface area contributed by atoms with Gasteiger partial charge in [0.15, 0.2) is 0 Å². The van der Waals surface area contributed by atoms with Crippen LogP contribution in [0.1, 0.15) is 15.9 Å². The lowest BCUT2D eigenvalue weighted by Gasteiger charge is -1.97. The van der Waals surface area contributed by atoms with Crippen LogP contribution in [0.5, 0.6) is 0 Å². The monoisotopic (exact) mass is 182 g/mol. The highest BCUT2D eigenvalue weighted by atomic mass is 31.0. The summed E-state index contributed by atoms with van der Waals surface area (Å²) in [4.78, 5) is 10.4. The molecule has 0 aromatic heterocycles. The summed E-state index contributed by atoms with van der Waals surface area (Å²) in [6, 6.07) is 5.89. The molecule has 0 heterocycles. The van der Waals surface area contributed by atoms with Gasteiger partial charge < -0.3 is 10.2 Å². The fraction of sp³-hybridized carbons (Fsp3) is 0. The number of benzene rings is 1. The largest absolute Gasteiger partial charge is 0.478 e. The number of hydrogen-bond acceptors (Lipinski definition) is 1. The van der Waals surface area contributed by atoms with Crippen LogP contribution in [0.25, 0.3) is 0 Å². The minimum atomic E-state index is -0.977. The van der Waals surface area contributed by atoms with Crippen molar-refractivity contribution < 1.29 is 15.0 Å². The van der Waals surface area contributed by atoms with E-state index in [1.807, 2.05) is 0 Å². The lowest BCUT2D eigenvalue weighted by Crippen LogP contribution is -1.98. The molecule has 0 aliphatic carbocycles. The van der Waals surface area contributed by atoms with Crippen LogP contribution in [-0.2, 0) is 0 Å². The summed E-state index contributed by atoms with van der Waals surface area (Å²) in [5.74, 6) is -0.977. The number of aliphatic hydroxyl groups excluding tert-OH is 1. The normalized spacial score (nSPS) is 9.42. The topological polar surface area (TPSA) is 57.5 Å². The molecule has 0 bridgehead atoms. The van der Waals surface area contributed by atoms with Crippen molar-refractivity contribution in [3.05, 3.63) is 35.4 Å². The Balaban J connectivity index is 3.01. The standard InChI is InChI=1S/C8H7O3P/c9-7(10)5-1-3-6(4-2-5)8(11)12/h1-4,11-12H,(H,9,10). The molecule has 2 N–H and O–H groups in total. The average molecular weight is 182 g/mol. The third-order valence-corrected chi connectivity index (χ3v) is 1.69. The van der Waals surface area contributed by atoms with Crippen molar-refractivity contribution in [2.24, 2.45) is 0 Å². The highest BCUT2D eigenvalue weighted by Crippen LogP contribution is 2.05. The molecule has 3 nitrogen and oxygen atoms in total. The Morgan fingerprint density at radius 1 is 1.08 bits per heavy atom. The first-order valence-electron chi connectivity index (χ1n) is 3.22. The minimum Gasteiger partial charge on any atom is -0.478 e. The molecule has 0 unspecified atom stereocenters. The maximum atomic E-state index is 10.4. The van der Waals surface area contributed by atoms with Crippen LogP contribution in [-0.4, -0.2) is 21.7 Å². The van der Waals surface area contributed by atoms with Gasteiger partial charge >= 0.3 is 5.97 Å². The lowest BCUT2D eigenvalue weighted by atomic mass is 10.1. The zero-order valence-corrected chi connectivity index (χ0v) is 7.11. The Labute approximate surface area is 71.5 Å². The van der Waals surface area contributed by atoms with Gasteiger partial charge in [-0.15, -0.1) is 0 Å². The Morgan fingerprint density at radius 2 is 1.50 bits per heavy atom. The highest BCUT2D eigenvalue weighted by molar-refractivity contribution is 7.21. The number of rotatable bonds is 2. The van der Waals surface area contributed by atoms with Crippen molar-refractivity contribution in [3.63, 3.8) is 0 Å². The summed E-state index contributed by atoms with van der Waals surface area (Å²) in [5, 5.41) is 17.5. The summed E-state index contributed by atoms with van der Waals surface area (Å²) in [6.07, 6.45) is 0. The first-order valence-corrected chi connectivity index (χ1v) is 3.72. The van der Waals surface area contributed by atoms with E-state index in [0.29, 0.717) is 5.56 Å². The third-order valence-electron chi connectivity index (χ3n) is 1.41. The Kier molecular flexibility index (Phi) is 2.58. The number of carboxylic acids is 1. The number of carbonyl (C=O) groups is 1. The van der Waals surface area contributed by atoms with Crippen LogP contribution >= 0.6 is 8.86 Å². The Bertz CT molecular complexity index is 283. The van der Waals surface area contributed by atoms with Gasteiger partial charge in [-0.05, 0) is 12.1 Å². The van der Waals surface area contributed by atoms with Gasteiger partial charge in [-0.3, -0.25) is 0 Å². The molecule has 62 valence electrons. The molecule has 12 heavy (non-hydrogen) atoms. The number of aromatic carboxylic acids is 1. The second kappa shape index (κ2) is 3.48. The zero-order valence-electron chi connectivity index (χ0n) is 6.11. The second-order valence-corrected chi connectivity index (χ2v) is 2.70. The smallest absolute Gasteiger partial charge is 0.335 e. The first kappa shape index (κ1) is 8.91. The molecule has 1 aromatic carbocycles. The quantitative estimate of drug-likeness (QED) is 0.679. The van der Waals surface area contributed by atoms with Gasteiger partial charge in [-0.2, -0.15) is 0 Å². The van der Waals surface area contributed by atoms with E-state index >= 15 is 0 Å². The van der Waals surface area contributed by atoms with E-state index < -0.39 is 5.97 Å². The molecular weight excluding hydrogens is 175 g/mol. The molecule has 0 amide bonds. The van der Waals surface area contributed by atoms with Gasteiger partial charge in [0.2, 0.25) is 0 Å². The van der Waals surface area contributed by atoms with Gasteiger partial charge in [-0.1, -0.05) is 21.0 Å². The van der Waals surface area contributed by atoms with Gasteiger partial charge in [0.05, 0.1) is 11.0 Å². The van der Waals surface area contributed by atoms with Crippen molar-refractivity contribution >= 4 is 20.3 Å². The fourth-order valence-electron chi connectivity index (χ4n) is 0.771. The van der Waals surface area contributed by atoms with E-state index in [2.05, 4.69) is 8.86 Å². The lowest BCUT2D eigenvalue weighted by molar-refractivity contribution is 0.0697. The van der Waals surface area contributed by atoms with E-state index in [4.69, 9.17) is 10.2 Å². The van der Waals surface area contributed by atoms with Crippen LogP contribution in [0.3, 0.4) is 0 Å². The van der Waals surface area contributed by atoms with Crippen molar-refractivity contribution in [1.82, 2.24) is 0 Å². The molecule has 0 spiro atoms. The highest BCUT2D eigenvalue weighted by Gasteiger charge is 2.01. The maximum Gasteiger partial charge on any atom is 0.335 e. The van der Waals surface area contributed by atoms with Gasteiger partial charge in [0, 0.05) is 5.56 Å². The molecule has 0 atom stereocenters. The molecule has 0 aliphatic rings. The molecule has 1 aromatic rings. The molecule has 0 radical (unpaired) electrons. The predicted octanol–water partition coefficient (Wildman–Crippen LogP) is 1.38. The van der Waals surface area contributed by atoms with Crippen LogP contribution in [0.4, 0.5) is 0 Å². The van der Waals surface area contributed by atoms with Crippen LogP contribution in [0.15, 0.2) is 24.3 Å². The number of hydrogen-bond donors (Lipinski definition) is 2. The summed E-state index contributed by atoms with van der Waals surface area (Å²) in [5.41, 5.74) is 0.746. The second-order valence-electron chi connectivity index (χ2n) is 2.23. The van der Waals surface area contributed by atoms with Crippen molar-refractivity contribution in [2.75, 3.05) is 0 Å². The van der Waals surface area contributed by atoms with E-state index in [0.717, 1.165) is 0 Å². The van der Waals surface area contributed by atoms with Gasteiger partial charge in [0.1, 0.15) is 0 Å². The fourth-order valence-corrected chi connectivity index (χ4v) is 0.937. The molecule has 0 saturated heterocycles. The van der Waals surface area contributed by atoms with Crippen molar-refractivity contribution in [2.45, 2.75) is 0 Å². The summed E-state index contributed by atoms with van der Waals surface area (Å²) < 4.78 is 0. The molecular formula is C8H7O3P. The Hall–Kier alpha value is -1.18. The van der Waals surface area contributed by atoms with E-state index in [1.54, 1.807) is 0 Å². The molecule has 0 saturated carbocycles.